The van der Waals surface area contributed by atoms with Crippen LogP contribution in [0.15, 0.2) is 134 Å². The van der Waals surface area contributed by atoms with Gasteiger partial charge in [-0.25, -0.2) is 4.98 Å². The zero-order valence-corrected chi connectivity index (χ0v) is 44.1. The van der Waals surface area contributed by atoms with Gasteiger partial charge in [0.05, 0.1) is 0 Å². The summed E-state index contributed by atoms with van der Waals surface area (Å²) in [5, 5.41) is 2.24. The van der Waals surface area contributed by atoms with Crippen molar-refractivity contribution in [3.63, 3.8) is 0 Å². The van der Waals surface area contributed by atoms with E-state index in [1.807, 2.05) is 24.4 Å². The first-order valence-electron chi connectivity index (χ1n) is 23.4. The number of rotatable bonds is 7. The topological polar surface area (TPSA) is 33.5 Å². The Hall–Kier alpha value is -5.64. The van der Waals surface area contributed by atoms with Crippen molar-refractivity contribution < 1.29 is 25.8 Å². The molecule has 0 atom stereocenters. The van der Waals surface area contributed by atoms with Crippen LogP contribution in [0.5, 0.6) is 11.5 Å². The van der Waals surface area contributed by atoms with Gasteiger partial charge in [-0.2, -0.15) is 12.1 Å². The van der Waals surface area contributed by atoms with E-state index >= 15 is 0 Å². The molecule has 0 bridgehead atoms. The molecule has 0 saturated carbocycles. The van der Waals surface area contributed by atoms with E-state index in [9.17, 15) is 0 Å². The summed E-state index contributed by atoms with van der Waals surface area (Å²) in [5.74, 6) is 2.06. The van der Waals surface area contributed by atoms with Gasteiger partial charge in [0.2, 0.25) is 0 Å². The Bertz CT molecular complexity index is 3080. The van der Waals surface area contributed by atoms with Crippen molar-refractivity contribution in [3.05, 3.63) is 186 Å². The predicted molar refractivity (Wildman–Crippen MR) is 278 cm³/mol. The number of benzene rings is 6. The van der Waals surface area contributed by atoms with E-state index in [-0.39, 0.29) is 48.1 Å². The summed E-state index contributed by atoms with van der Waals surface area (Å²) in [6.45, 7) is 34.1. The number of aromatic nitrogens is 2. The molecule has 6 aromatic carbocycles. The third kappa shape index (κ3) is 9.21. The van der Waals surface area contributed by atoms with Gasteiger partial charge in [0.1, 0.15) is 5.82 Å². The van der Waals surface area contributed by atoms with Crippen LogP contribution in [0.1, 0.15) is 130 Å². The van der Waals surface area contributed by atoms with Gasteiger partial charge in [0, 0.05) is 66.8 Å². The summed E-state index contributed by atoms with van der Waals surface area (Å²) in [7, 11) is 0. The molecular weight excluding hydrogens is 1000 g/mol. The van der Waals surface area contributed by atoms with Crippen LogP contribution in [0.4, 0.5) is 22.7 Å². The first-order chi connectivity index (χ1) is 31.0. The second kappa shape index (κ2) is 17.1. The van der Waals surface area contributed by atoms with E-state index in [4.69, 9.17) is 9.72 Å². The number of hydrogen-bond acceptors (Lipinski definition) is 4. The van der Waals surface area contributed by atoms with Crippen LogP contribution < -0.4 is 14.5 Å². The Kier molecular flexibility index (Phi) is 12.2. The molecule has 8 aromatic rings. The normalized spacial score (nSPS) is 13.6. The smallest absolute Gasteiger partial charge is 0.135 e. The standard InChI is InChI=1S/C61H65N4O.Pt/c1-57(2,3)41-23-28-53-55(35-41)64(47-32-44(59(7,8)9)31-45(33-47)60(10,11)12)39-63(53)46-21-18-22-48(37-46)66-49-25-26-50-51-34-43(61(13,14)40-19-16-15-17-20-40)24-27-52(51)65(54(50)38-49)56-36-42(29-30-62-56)58(4,5)6;/h15-36,39H,1-14H3;/q-3;. The van der Waals surface area contributed by atoms with E-state index in [0.29, 0.717) is 11.5 Å². The van der Waals surface area contributed by atoms with Crippen LogP contribution in [0.2, 0.25) is 0 Å². The molecule has 0 fully saturated rings. The number of fused-ring (bicyclic) bond motifs is 4. The van der Waals surface area contributed by atoms with Gasteiger partial charge in [-0.1, -0.05) is 157 Å². The molecule has 5 nitrogen and oxygen atoms in total. The molecule has 0 saturated heterocycles. The minimum atomic E-state index is -0.201. The van der Waals surface area contributed by atoms with E-state index in [1.54, 1.807) is 0 Å². The molecule has 2 aromatic heterocycles. The molecule has 67 heavy (non-hydrogen) atoms. The summed E-state index contributed by atoms with van der Waals surface area (Å²) < 4.78 is 9.00. The molecule has 0 aliphatic carbocycles. The van der Waals surface area contributed by atoms with Gasteiger partial charge in [-0.05, 0) is 103 Å². The Labute approximate surface area is 414 Å². The molecule has 0 spiro atoms. The third-order valence-corrected chi connectivity index (χ3v) is 13.5. The molecule has 348 valence electrons. The van der Waals surface area contributed by atoms with Gasteiger partial charge < -0.3 is 19.1 Å². The summed E-state index contributed by atoms with van der Waals surface area (Å²) in [5.41, 5.74) is 13.6. The third-order valence-electron chi connectivity index (χ3n) is 13.5. The fraction of sp³-hybridized carbons (Fsp3) is 0.311. The van der Waals surface area contributed by atoms with Crippen LogP contribution in [0, 0.1) is 18.8 Å². The summed E-state index contributed by atoms with van der Waals surface area (Å²) >= 11 is 0. The van der Waals surface area contributed by atoms with Gasteiger partial charge in [-0.15, -0.1) is 48.1 Å². The molecule has 6 heteroatoms. The Morgan fingerprint density at radius 3 is 1.76 bits per heavy atom. The van der Waals surface area contributed by atoms with Crippen LogP contribution in [0.25, 0.3) is 27.6 Å². The van der Waals surface area contributed by atoms with Crippen LogP contribution in [0.3, 0.4) is 0 Å². The van der Waals surface area contributed by atoms with Crippen molar-refractivity contribution in [3.8, 4) is 17.3 Å². The van der Waals surface area contributed by atoms with E-state index in [0.717, 1.165) is 50.4 Å². The maximum absolute atomic E-state index is 6.76. The summed E-state index contributed by atoms with van der Waals surface area (Å²) in [4.78, 5) is 9.56. The number of pyridine rings is 1. The van der Waals surface area contributed by atoms with Crippen molar-refractivity contribution in [2.75, 3.05) is 9.80 Å². The van der Waals surface area contributed by atoms with E-state index in [1.165, 1.54) is 33.4 Å². The Morgan fingerprint density at radius 2 is 1.10 bits per heavy atom. The fourth-order valence-electron chi connectivity index (χ4n) is 9.03. The first kappa shape index (κ1) is 47.8. The monoisotopic (exact) mass is 1060 g/mol. The van der Waals surface area contributed by atoms with Crippen LogP contribution in [-0.4, -0.2) is 9.55 Å². The fourth-order valence-corrected chi connectivity index (χ4v) is 9.03. The molecule has 0 N–H and O–H groups in total. The van der Waals surface area contributed by atoms with E-state index < -0.39 is 0 Å². The Balaban J connectivity index is 0.00000608. The molecule has 0 amide bonds. The molecule has 0 unspecified atom stereocenters. The second-order valence-corrected chi connectivity index (χ2v) is 22.9. The van der Waals surface area contributed by atoms with Crippen molar-refractivity contribution >= 4 is 44.6 Å². The molecular formula is C61H65N4OPt-3. The van der Waals surface area contributed by atoms with E-state index in [2.05, 4.69) is 239 Å². The molecule has 1 aliphatic rings. The quantitative estimate of drug-likeness (QED) is 0.149. The summed E-state index contributed by atoms with van der Waals surface area (Å²) in [6.07, 6.45) is 1.92. The second-order valence-electron chi connectivity index (χ2n) is 22.9. The number of hydrogen-bond donors (Lipinski definition) is 0. The average molecular weight is 1070 g/mol. The van der Waals surface area contributed by atoms with Gasteiger partial charge in [0.25, 0.3) is 0 Å². The van der Waals surface area contributed by atoms with Crippen molar-refractivity contribution in [1.82, 2.24) is 9.55 Å². The zero-order chi connectivity index (χ0) is 47.1. The largest absolute Gasteiger partial charge is 0.509 e. The molecule has 3 heterocycles. The minimum Gasteiger partial charge on any atom is -0.509 e. The molecule has 9 rings (SSSR count). The first-order valence-corrected chi connectivity index (χ1v) is 23.4. The maximum Gasteiger partial charge on any atom is 0.135 e. The van der Waals surface area contributed by atoms with Crippen molar-refractivity contribution in [2.45, 2.75) is 124 Å². The SMILES string of the molecule is CC(C)(C)c1cc(N2[CH-]N(c3[c-]c(Oc4[c-]c5c(cc4)c4cc(C(C)(C)c6ccccc6)ccc4n5-c4cc(C(C)(C)C)ccn4)ccc3)c3ccc(C(C)(C)C)cc32)cc(C(C)(C)C)c1.[Pt]. The molecule has 0 radical (unpaired) electrons. The van der Waals surface area contributed by atoms with Crippen LogP contribution in [-0.2, 0) is 48.1 Å². The summed E-state index contributed by atoms with van der Waals surface area (Å²) in [6, 6.07) is 53.6. The Morgan fingerprint density at radius 1 is 0.478 bits per heavy atom. The maximum atomic E-state index is 6.76. The van der Waals surface area contributed by atoms with Gasteiger partial charge in [0.15, 0.2) is 0 Å². The number of nitrogens with zero attached hydrogens (tertiary/aromatic N) is 4. The van der Waals surface area contributed by atoms with Gasteiger partial charge >= 0.3 is 0 Å². The number of ether oxygens (including phenoxy) is 1. The van der Waals surface area contributed by atoms with Crippen molar-refractivity contribution in [1.29, 1.82) is 0 Å². The van der Waals surface area contributed by atoms with Gasteiger partial charge in [-0.3, -0.25) is 0 Å². The van der Waals surface area contributed by atoms with Crippen molar-refractivity contribution in [2.24, 2.45) is 0 Å². The zero-order valence-electron chi connectivity index (χ0n) is 41.8. The molecule has 1 aliphatic heterocycles. The minimum absolute atomic E-state index is 0. The average Bonchev–Trinajstić information content (AvgIpc) is 3.81. The predicted octanol–water partition coefficient (Wildman–Crippen LogP) is 16.5. The number of anilines is 4. The van der Waals surface area contributed by atoms with Crippen LogP contribution >= 0.6 is 0 Å².